The van der Waals surface area contributed by atoms with Gasteiger partial charge in [-0.3, -0.25) is 0 Å². The van der Waals surface area contributed by atoms with Gasteiger partial charge in [0.2, 0.25) is 10.0 Å². The predicted octanol–water partition coefficient (Wildman–Crippen LogP) is 2.07. The maximum Gasteiger partial charge on any atom is 0.217 e. The molecule has 4 rings (SSSR count). The van der Waals surface area contributed by atoms with Crippen LogP contribution >= 0.6 is 0 Å². The van der Waals surface area contributed by atoms with Crippen LogP contribution in [0.15, 0.2) is 36.4 Å². The van der Waals surface area contributed by atoms with E-state index < -0.39 is 10.0 Å². The van der Waals surface area contributed by atoms with Gasteiger partial charge in [0.25, 0.3) is 0 Å². The summed E-state index contributed by atoms with van der Waals surface area (Å²) in [5.74, 6) is 0.806. The van der Waals surface area contributed by atoms with Gasteiger partial charge in [0.1, 0.15) is 0 Å². The molecule has 2 aromatic rings. The Kier molecular flexibility index (Phi) is 4.21. The molecule has 2 aliphatic rings. The minimum absolute atomic E-state index is 0.132. The van der Waals surface area contributed by atoms with Crippen molar-refractivity contribution in [3.63, 3.8) is 0 Å². The number of nitrogens with zero attached hydrogens (tertiary/aromatic N) is 4. The van der Waals surface area contributed by atoms with E-state index in [9.17, 15) is 8.42 Å². The summed E-state index contributed by atoms with van der Waals surface area (Å²) in [6.07, 6.45) is 1.63. The number of sulfonamides is 1. The maximum absolute atomic E-state index is 12.3. The second-order valence-electron chi connectivity index (χ2n) is 6.72. The Labute approximate surface area is 148 Å². The summed E-state index contributed by atoms with van der Waals surface area (Å²) >= 11 is 0. The van der Waals surface area contributed by atoms with E-state index in [1.807, 2.05) is 30.3 Å². The monoisotopic (exact) mass is 358 g/mol. The fourth-order valence-electron chi connectivity index (χ4n) is 3.25. The molecule has 132 valence electrons. The van der Waals surface area contributed by atoms with Crippen molar-refractivity contribution in [3.05, 3.63) is 42.0 Å². The van der Waals surface area contributed by atoms with E-state index in [4.69, 9.17) is 0 Å². The maximum atomic E-state index is 12.3. The molecule has 1 aromatic carbocycles. The first-order chi connectivity index (χ1) is 12.1. The van der Waals surface area contributed by atoms with Gasteiger partial charge < -0.3 is 4.90 Å². The molecule has 0 atom stereocenters. The fraction of sp³-hybridized carbons (Fsp3) is 0.444. The molecular weight excluding hydrogens is 336 g/mol. The molecule has 0 bridgehead atoms. The van der Waals surface area contributed by atoms with Crippen LogP contribution in [-0.2, 0) is 10.0 Å². The average Bonchev–Trinajstić information content (AvgIpc) is 3.48. The van der Waals surface area contributed by atoms with Gasteiger partial charge in [-0.05, 0) is 37.5 Å². The van der Waals surface area contributed by atoms with Crippen LogP contribution in [-0.4, -0.2) is 54.3 Å². The molecular formula is C18H22N4O2S. The Morgan fingerprint density at radius 2 is 1.68 bits per heavy atom. The standard InChI is InChI=1S/C18H22N4O2S/c1-14-4-2-3-5-16(14)17-8-9-18(20-19-17)21-10-12-22(13-11-21)25(23,24)15-6-7-15/h2-5,8-9,15H,6-7,10-13H2,1H3. The van der Waals surface area contributed by atoms with E-state index >= 15 is 0 Å². The van der Waals surface area contributed by atoms with E-state index in [-0.39, 0.29) is 5.25 Å². The number of benzene rings is 1. The Morgan fingerprint density at radius 3 is 2.28 bits per heavy atom. The molecule has 1 aromatic heterocycles. The summed E-state index contributed by atoms with van der Waals surface area (Å²) in [4.78, 5) is 2.10. The van der Waals surface area contributed by atoms with Gasteiger partial charge in [-0.1, -0.05) is 24.3 Å². The molecule has 0 radical (unpaired) electrons. The molecule has 7 heteroatoms. The van der Waals surface area contributed by atoms with E-state index in [0.29, 0.717) is 26.2 Å². The zero-order chi connectivity index (χ0) is 17.4. The number of hydrogen-bond acceptors (Lipinski definition) is 5. The highest BCUT2D eigenvalue weighted by Gasteiger charge is 2.41. The van der Waals surface area contributed by atoms with Crippen LogP contribution in [0.4, 0.5) is 5.82 Å². The number of aromatic nitrogens is 2. The molecule has 0 amide bonds. The molecule has 0 unspecified atom stereocenters. The van der Waals surface area contributed by atoms with Gasteiger partial charge in [0.05, 0.1) is 10.9 Å². The van der Waals surface area contributed by atoms with Crippen LogP contribution < -0.4 is 4.90 Å². The fourth-order valence-corrected chi connectivity index (χ4v) is 5.07. The molecule has 0 spiro atoms. The summed E-state index contributed by atoms with van der Waals surface area (Å²) in [6, 6.07) is 12.1. The van der Waals surface area contributed by atoms with E-state index in [2.05, 4.69) is 28.1 Å². The number of rotatable bonds is 4. The lowest BCUT2D eigenvalue weighted by atomic mass is 10.1. The van der Waals surface area contributed by atoms with Gasteiger partial charge in [-0.15, -0.1) is 10.2 Å². The third-order valence-corrected chi connectivity index (χ3v) is 7.34. The molecule has 6 nitrogen and oxygen atoms in total. The molecule has 0 N–H and O–H groups in total. The second kappa shape index (κ2) is 6.38. The topological polar surface area (TPSA) is 66.4 Å². The lowest BCUT2D eigenvalue weighted by Gasteiger charge is -2.34. The SMILES string of the molecule is Cc1ccccc1-c1ccc(N2CCN(S(=O)(=O)C3CC3)CC2)nn1. The van der Waals surface area contributed by atoms with Crippen molar-refractivity contribution in [2.24, 2.45) is 0 Å². The largest absolute Gasteiger partial charge is 0.352 e. The lowest BCUT2D eigenvalue weighted by Crippen LogP contribution is -2.49. The highest BCUT2D eigenvalue weighted by Crippen LogP contribution is 2.31. The number of hydrogen-bond donors (Lipinski definition) is 0. The van der Waals surface area contributed by atoms with Crippen LogP contribution in [0.2, 0.25) is 0 Å². The Hall–Kier alpha value is -1.99. The Balaban J connectivity index is 1.44. The summed E-state index contributed by atoms with van der Waals surface area (Å²) in [5.41, 5.74) is 3.11. The van der Waals surface area contributed by atoms with Crippen molar-refractivity contribution < 1.29 is 8.42 Å². The molecule has 1 saturated carbocycles. The molecule has 1 saturated heterocycles. The van der Waals surface area contributed by atoms with Crippen molar-refractivity contribution >= 4 is 15.8 Å². The minimum atomic E-state index is -3.07. The van der Waals surface area contributed by atoms with Gasteiger partial charge in [0.15, 0.2) is 5.82 Å². The second-order valence-corrected chi connectivity index (χ2v) is 8.94. The highest BCUT2D eigenvalue weighted by atomic mass is 32.2. The van der Waals surface area contributed by atoms with E-state index in [1.54, 1.807) is 4.31 Å². The average molecular weight is 358 g/mol. The number of piperazine rings is 1. The summed E-state index contributed by atoms with van der Waals surface area (Å²) < 4.78 is 26.2. The van der Waals surface area contributed by atoms with Crippen LogP contribution in [0.1, 0.15) is 18.4 Å². The van der Waals surface area contributed by atoms with E-state index in [1.165, 1.54) is 5.56 Å². The van der Waals surface area contributed by atoms with Crippen molar-refractivity contribution in [1.82, 2.24) is 14.5 Å². The van der Waals surface area contributed by atoms with Crippen molar-refractivity contribution in [3.8, 4) is 11.3 Å². The van der Waals surface area contributed by atoms with Crippen LogP contribution in [0, 0.1) is 6.92 Å². The van der Waals surface area contributed by atoms with Crippen molar-refractivity contribution in [1.29, 1.82) is 0 Å². The first-order valence-corrected chi connectivity index (χ1v) is 10.2. The first kappa shape index (κ1) is 16.5. The molecule has 2 heterocycles. The minimum Gasteiger partial charge on any atom is -0.352 e. The van der Waals surface area contributed by atoms with Gasteiger partial charge >= 0.3 is 0 Å². The predicted molar refractivity (Wildman–Crippen MR) is 97.9 cm³/mol. The molecule has 2 fully saturated rings. The lowest BCUT2D eigenvalue weighted by molar-refractivity contribution is 0.383. The summed E-state index contributed by atoms with van der Waals surface area (Å²) in [5, 5.41) is 8.60. The number of anilines is 1. The highest BCUT2D eigenvalue weighted by molar-refractivity contribution is 7.90. The Bertz CT molecular complexity index is 855. The molecule has 1 aliphatic carbocycles. The van der Waals surface area contributed by atoms with Crippen molar-refractivity contribution in [2.45, 2.75) is 25.0 Å². The van der Waals surface area contributed by atoms with Gasteiger partial charge in [0, 0.05) is 31.7 Å². The van der Waals surface area contributed by atoms with E-state index in [0.717, 1.165) is 29.9 Å². The zero-order valence-electron chi connectivity index (χ0n) is 14.3. The van der Waals surface area contributed by atoms with Crippen LogP contribution in [0.5, 0.6) is 0 Å². The molecule has 25 heavy (non-hydrogen) atoms. The third kappa shape index (κ3) is 3.26. The zero-order valence-corrected chi connectivity index (χ0v) is 15.1. The quantitative estimate of drug-likeness (QED) is 0.837. The Morgan fingerprint density at radius 1 is 0.960 bits per heavy atom. The van der Waals surface area contributed by atoms with Crippen LogP contribution in [0.3, 0.4) is 0 Å². The number of aryl methyl sites for hydroxylation is 1. The van der Waals surface area contributed by atoms with Crippen LogP contribution in [0.25, 0.3) is 11.3 Å². The first-order valence-electron chi connectivity index (χ1n) is 8.69. The smallest absolute Gasteiger partial charge is 0.217 e. The normalized spacial score (nSPS) is 19.2. The summed E-state index contributed by atoms with van der Waals surface area (Å²) in [7, 11) is -3.07. The third-order valence-electron chi connectivity index (χ3n) is 4.94. The van der Waals surface area contributed by atoms with Gasteiger partial charge in [-0.25, -0.2) is 8.42 Å². The van der Waals surface area contributed by atoms with Gasteiger partial charge in [-0.2, -0.15) is 4.31 Å². The summed E-state index contributed by atoms with van der Waals surface area (Å²) in [6.45, 7) is 4.43. The molecule has 1 aliphatic heterocycles. The van der Waals surface area contributed by atoms with Crippen molar-refractivity contribution in [2.75, 3.05) is 31.1 Å².